The number of ether oxygens (including phenoxy) is 8. The molecule has 2 aromatic rings. The van der Waals surface area contributed by atoms with E-state index in [2.05, 4.69) is 10.0 Å². The van der Waals surface area contributed by atoms with Crippen LogP contribution in [0, 0.1) is 20.2 Å². The Bertz CT molecular complexity index is 1110. The first-order valence-electron chi connectivity index (χ1n) is 14.4. The number of azide groups is 1. The van der Waals surface area contributed by atoms with E-state index >= 15 is 0 Å². The molecule has 0 amide bonds. The van der Waals surface area contributed by atoms with Crippen molar-refractivity contribution in [3.05, 3.63) is 79.2 Å². The number of hydrogen-bond acceptors (Lipinski definition) is 14. The first-order chi connectivity index (χ1) is 22.5. The third-order valence-corrected chi connectivity index (χ3v) is 5.24. The van der Waals surface area contributed by atoms with Gasteiger partial charge in [-0.15, -0.1) is 0 Å². The van der Waals surface area contributed by atoms with Crippen LogP contribution < -0.4 is 15.2 Å². The Morgan fingerprint density at radius 3 is 1.22 bits per heavy atom. The van der Waals surface area contributed by atoms with Crippen molar-refractivity contribution in [1.29, 1.82) is 0 Å². The Kier molecular flexibility index (Phi) is 24.6. The molecule has 0 aliphatic carbocycles. The molecule has 2 N–H and O–H groups in total. The fourth-order valence-electron chi connectivity index (χ4n) is 3.08. The molecule has 0 bridgehead atoms. The molecule has 46 heavy (non-hydrogen) atoms. The highest BCUT2D eigenvalue weighted by Gasteiger charge is 2.05. The topological polar surface area (TPSA) is 235 Å². The first-order valence-corrected chi connectivity index (χ1v) is 14.4. The molecule has 256 valence electrons. The molecule has 2 rings (SSSR count). The monoisotopic (exact) mass is 654 g/mol. The van der Waals surface area contributed by atoms with Crippen LogP contribution >= 0.6 is 0 Å². The van der Waals surface area contributed by atoms with E-state index < -0.39 is 9.85 Å². The maximum Gasteiger partial charge on any atom is 0.269 e. The molecule has 0 fully saturated rings. The maximum absolute atomic E-state index is 10.5. The number of non-ortho nitro benzene ring substituents is 2. The zero-order valence-corrected chi connectivity index (χ0v) is 25.6. The van der Waals surface area contributed by atoms with Crippen molar-refractivity contribution in [2.24, 2.45) is 10.8 Å². The summed E-state index contributed by atoms with van der Waals surface area (Å²) < 4.78 is 42.3. The number of nitrogens with zero attached hydrogens (tertiary/aromatic N) is 5. The summed E-state index contributed by atoms with van der Waals surface area (Å²) in [6, 6.07) is 11.8. The van der Waals surface area contributed by atoms with Gasteiger partial charge in [-0.1, -0.05) is 5.11 Å². The van der Waals surface area contributed by atoms with E-state index in [1.54, 1.807) is 24.3 Å². The number of rotatable bonds is 27. The summed E-state index contributed by atoms with van der Waals surface area (Å²) >= 11 is 0. The molecule has 0 heterocycles. The van der Waals surface area contributed by atoms with Crippen LogP contribution in [0.25, 0.3) is 10.4 Å². The zero-order valence-electron chi connectivity index (χ0n) is 25.6. The van der Waals surface area contributed by atoms with E-state index in [-0.39, 0.29) is 11.4 Å². The summed E-state index contributed by atoms with van der Waals surface area (Å²) in [4.78, 5) is 22.7. The summed E-state index contributed by atoms with van der Waals surface area (Å²) in [5.74, 6) is 1.13. The normalized spacial score (nSPS) is 10.4. The second-order valence-corrected chi connectivity index (χ2v) is 8.62. The standard InChI is InChI=1S/C14H20N4O6.C14H22N2O6/c15-17-16-5-6-21-7-8-22-9-10-23-11-12-24-14-3-1-13(2-4-14)18(19)20;15-5-6-19-7-8-20-9-10-21-11-12-22-14-3-1-13(2-4-14)16(17)18/h1-4H,5-12H2;1-4H,5-12,15H2. The summed E-state index contributed by atoms with van der Waals surface area (Å²) in [5.41, 5.74) is 13.4. The van der Waals surface area contributed by atoms with Gasteiger partial charge in [0.05, 0.1) is 89.1 Å². The highest BCUT2D eigenvalue weighted by Crippen LogP contribution is 2.18. The fourth-order valence-corrected chi connectivity index (χ4v) is 3.08. The van der Waals surface area contributed by atoms with Crippen molar-refractivity contribution < 1.29 is 47.7 Å². The van der Waals surface area contributed by atoms with Crippen LogP contribution in [0.4, 0.5) is 11.4 Å². The van der Waals surface area contributed by atoms with Gasteiger partial charge in [0.15, 0.2) is 0 Å². The molecule has 0 radical (unpaired) electrons. The van der Waals surface area contributed by atoms with Gasteiger partial charge in [-0.25, -0.2) is 0 Å². The Morgan fingerprint density at radius 1 is 0.565 bits per heavy atom. The lowest BCUT2D eigenvalue weighted by Crippen LogP contribution is -2.14. The van der Waals surface area contributed by atoms with Gasteiger partial charge in [0, 0.05) is 42.3 Å². The van der Waals surface area contributed by atoms with E-state index in [1.807, 2.05) is 0 Å². The van der Waals surface area contributed by atoms with Crippen molar-refractivity contribution >= 4 is 11.4 Å². The van der Waals surface area contributed by atoms with E-state index in [1.165, 1.54) is 24.3 Å². The molecule has 0 atom stereocenters. The number of hydrogen-bond donors (Lipinski definition) is 1. The van der Waals surface area contributed by atoms with Gasteiger partial charge in [-0.3, -0.25) is 20.2 Å². The van der Waals surface area contributed by atoms with Crippen molar-refractivity contribution in [3.63, 3.8) is 0 Å². The molecule has 0 spiro atoms. The maximum atomic E-state index is 10.5. The molecule has 0 unspecified atom stereocenters. The molecule has 0 saturated carbocycles. The Balaban J connectivity index is 0.000000462. The van der Waals surface area contributed by atoms with Crippen molar-refractivity contribution in [1.82, 2.24) is 0 Å². The minimum atomic E-state index is -0.460. The predicted molar refractivity (Wildman–Crippen MR) is 165 cm³/mol. The smallest absolute Gasteiger partial charge is 0.269 e. The van der Waals surface area contributed by atoms with Crippen molar-refractivity contribution in [2.45, 2.75) is 0 Å². The average Bonchev–Trinajstić information content (AvgIpc) is 3.06. The quantitative estimate of drug-likeness (QED) is 0.0364. The second kappa shape index (κ2) is 28.4. The minimum Gasteiger partial charge on any atom is -0.491 e. The van der Waals surface area contributed by atoms with E-state index in [0.29, 0.717) is 117 Å². The van der Waals surface area contributed by atoms with Crippen LogP contribution in [0.5, 0.6) is 11.5 Å². The van der Waals surface area contributed by atoms with E-state index in [4.69, 9.17) is 49.2 Å². The van der Waals surface area contributed by atoms with Crippen LogP contribution in [0.1, 0.15) is 0 Å². The van der Waals surface area contributed by atoms with Crippen LogP contribution in [-0.4, -0.2) is 115 Å². The third kappa shape index (κ3) is 22.4. The van der Waals surface area contributed by atoms with Crippen LogP contribution in [0.2, 0.25) is 0 Å². The van der Waals surface area contributed by atoms with E-state index in [0.717, 1.165) is 0 Å². The summed E-state index contributed by atoms with van der Waals surface area (Å²) in [7, 11) is 0. The number of benzene rings is 2. The Labute approximate surface area is 266 Å². The molecule has 0 aromatic heterocycles. The van der Waals surface area contributed by atoms with Crippen LogP contribution in [0.3, 0.4) is 0 Å². The van der Waals surface area contributed by atoms with Crippen LogP contribution in [0.15, 0.2) is 53.6 Å². The van der Waals surface area contributed by atoms with Gasteiger partial charge >= 0.3 is 0 Å². The van der Waals surface area contributed by atoms with Crippen molar-refractivity contribution in [2.75, 3.05) is 106 Å². The van der Waals surface area contributed by atoms with Gasteiger partial charge in [0.1, 0.15) is 24.7 Å². The molecule has 18 nitrogen and oxygen atoms in total. The minimum absolute atomic E-state index is 0.0255. The van der Waals surface area contributed by atoms with E-state index in [9.17, 15) is 20.2 Å². The highest BCUT2D eigenvalue weighted by atomic mass is 16.6. The molecule has 18 heteroatoms. The molecule has 2 aromatic carbocycles. The molecule has 0 saturated heterocycles. The SMILES string of the molecule is NCCOCCOCCOCCOc1ccc([N+](=O)[O-])cc1.[N-]=[N+]=NCCOCCOCCOCCOc1ccc([N+](=O)[O-])cc1. The summed E-state index contributed by atoms with van der Waals surface area (Å²) in [6.07, 6.45) is 0. The van der Waals surface area contributed by atoms with Crippen molar-refractivity contribution in [3.8, 4) is 11.5 Å². The predicted octanol–water partition coefficient (Wildman–Crippen LogP) is 3.32. The zero-order chi connectivity index (χ0) is 33.5. The molecule has 0 aliphatic rings. The lowest BCUT2D eigenvalue weighted by Gasteiger charge is -2.08. The lowest BCUT2D eigenvalue weighted by molar-refractivity contribution is -0.385. The lowest BCUT2D eigenvalue weighted by atomic mass is 10.3. The van der Waals surface area contributed by atoms with Gasteiger partial charge in [-0.05, 0) is 29.8 Å². The highest BCUT2D eigenvalue weighted by molar-refractivity contribution is 5.36. The Morgan fingerprint density at radius 2 is 0.891 bits per heavy atom. The largest absolute Gasteiger partial charge is 0.491 e. The van der Waals surface area contributed by atoms with Gasteiger partial charge in [0.2, 0.25) is 0 Å². The number of nitro benzene ring substituents is 2. The number of nitro groups is 2. The van der Waals surface area contributed by atoms with Gasteiger partial charge in [-0.2, -0.15) is 0 Å². The van der Waals surface area contributed by atoms with Gasteiger partial charge in [0.25, 0.3) is 11.4 Å². The fraction of sp³-hybridized carbons (Fsp3) is 0.571. The molecular formula is C28H42N6O12. The number of nitrogens with two attached hydrogens (primary N) is 1. The summed E-state index contributed by atoms with van der Waals surface area (Å²) in [6.45, 7) is 7.04. The average molecular weight is 655 g/mol. The molecular weight excluding hydrogens is 612 g/mol. The Hall–Kier alpha value is -4.13. The first kappa shape index (κ1) is 39.9. The van der Waals surface area contributed by atoms with Gasteiger partial charge < -0.3 is 43.6 Å². The van der Waals surface area contributed by atoms with Crippen LogP contribution in [-0.2, 0) is 28.4 Å². The summed E-state index contributed by atoms with van der Waals surface area (Å²) in [5, 5.41) is 24.3. The third-order valence-electron chi connectivity index (χ3n) is 5.24. The molecule has 0 aliphatic heterocycles. The second-order valence-electron chi connectivity index (χ2n) is 8.62.